The van der Waals surface area contributed by atoms with E-state index in [0.717, 1.165) is 33.5 Å². The molecule has 0 saturated carbocycles. The molecule has 0 spiro atoms. The molecule has 0 aromatic heterocycles. The first kappa shape index (κ1) is 26.4. The summed E-state index contributed by atoms with van der Waals surface area (Å²) in [5, 5.41) is 4.60. The van der Waals surface area contributed by atoms with E-state index >= 15 is 0 Å². The molecule has 0 fully saturated rings. The number of hydrogen-bond acceptors (Lipinski definition) is 4. The third kappa shape index (κ3) is 6.68. The number of sulfonamides is 1. The van der Waals surface area contributed by atoms with E-state index in [1.54, 1.807) is 25.1 Å². The standard InChI is InChI=1S/C27H33N3O4S/c1-4-5-17-28-27(32)21(2)30(19-22-11-7-6-8-12-22)26(31)20-29(3)35(33,34)25-16-15-23-13-9-10-14-24(23)18-25/h6-16,18,21H,4-5,17,19-20H2,1-3H3,(H,28,32). The largest absolute Gasteiger partial charge is 0.354 e. The van der Waals surface area contributed by atoms with Crippen LogP contribution in [0.5, 0.6) is 0 Å². The monoisotopic (exact) mass is 495 g/mol. The van der Waals surface area contributed by atoms with E-state index in [2.05, 4.69) is 5.32 Å². The minimum absolute atomic E-state index is 0.117. The van der Waals surface area contributed by atoms with Crippen molar-refractivity contribution in [3.63, 3.8) is 0 Å². The molecule has 1 unspecified atom stereocenters. The first-order valence-corrected chi connectivity index (χ1v) is 13.2. The van der Waals surface area contributed by atoms with Gasteiger partial charge < -0.3 is 10.2 Å². The molecule has 1 N–H and O–H groups in total. The Labute approximate surface area is 207 Å². The smallest absolute Gasteiger partial charge is 0.243 e. The third-order valence-electron chi connectivity index (χ3n) is 5.98. The van der Waals surface area contributed by atoms with Crippen LogP contribution in [-0.2, 0) is 26.2 Å². The van der Waals surface area contributed by atoms with Crippen molar-refractivity contribution in [1.82, 2.24) is 14.5 Å². The van der Waals surface area contributed by atoms with Gasteiger partial charge in [-0.05, 0) is 41.8 Å². The average Bonchev–Trinajstić information content (AvgIpc) is 2.87. The first-order chi connectivity index (χ1) is 16.7. The molecular weight excluding hydrogens is 462 g/mol. The van der Waals surface area contributed by atoms with Gasteiger partial charge in [-0.3, -0.25) is 9.59 Å². The summed E-state index contributed by atoms with van der Waals surface area (Å²) in [4.78, 5) is 27.7. The number of hydrogen-bond donors (Lipinski definition) is 1. The van der Waals surface area contributed by atoms with Crippen LogP contribution in [0.15, 0.2) is 77.7 Å². The van der Waals surface area contributed by atoms with Gasteiger partial charge in [0, 0.05) is 20.1 Å². The number of fused-ring (bicyclic) bond motifs is 1. The molecule has 35 heavy (non-hydrogen) atoms. The van der Waals surface area contributed by atoms with Crippen LogP contribution in [0.3, 0.4) is 0 Å². The Hall–Kier alpha value is -3.23. The minimum atomic E-state index is -3.91. The molecule has 0 aliphatic carbocycles. The summed E-state index contributed by atoms with van der Waals surface area (Å²) in [6.45, 7) is 4.05. The van der Waals surface area contributed by atoms with Crippen LogP contribution >= 0.6 is 0 Å². The number of amides is 2. The zero-order chi connectivity index (χ0) is 25.4. The molecule has 3 aromatic rings. The number of carbonyl (C=O) groups excluding carboxylic acids is 2. The number of carbonyl (C=O) groups is 2. The Morgan fingerprint density at radius 3 is 2.29 bits per heavy atom. The maximum atomic E-state index is 13.4. The lowest BCUT2D eigenvalue weighted by Crippen LogP contribution is -2.50. The van der Waals surface area contributed by atoms with Gasteiger partial charge in [0.1, 0.15) is 6.04 Å². The van der Waals surface area contributed by atoms with Gasteiger partial charge in [0.25, 0.3) is 0 Å². The van der Waals surface area contributed by atoms with Crippen LogP contribution in [0.1, 0.15) is 32.3 Å². The molecule has 0 aliphatic rings. The zero-order valence-electron chi connectivity index (χ0n) is 20.5. The van der Waals surface area contributed by atoms with Crippen molar-refractivity contribution in [2.45, 2.75) is 44.2 Å². The van der Waals surface area contributed by atoms with Crippen molar-refractivity contribution in [3.05, 3.63) is 78.4 Å². The fourth-order valence-corrected chi connectivity index (χ4v) is 4.93. The third-order valence-corrected chi connectivity index (χ3v) is 7.78. The summed E-state index contributed by atoms with van der Waals surface area (Å²) in [5.41, 5.74) is 0.856. The highest BCUT2D eigenvalue weighted by Gasteiger charge is 2.30. The number of nitrogens with one attached hydrogen (secondary N) is 1. The zero-order valence-corrected chi connectivity index (χ0v) is 21.3. The number of rotatable bonds is 11. The van der Waals surface area contributed by atoms with Crippen molar-refractivity contribution in [3.8, 4) is 0 Å². The molecule has 2 amide bonds. The second-order valence-electron chi connectivity index (χ2n) is 8.60. The van der Waals surface area contributed by atoms with Crippen LogP contribution in [0.4, 0.5) is 0 Å². The molecule has 1 atom stereocenters. The number of nitrogens with zero attached hydrogens (tertiary/aromatic N) is 2. The Morgan fingerprint density at radius 1 is 0.943 bits per heavy atom. The molecule has 3 rings (SSSR count). The fraction of sp³-hybridized carbons (Fsp3) is 0.333. The van der Waals surface area contributed by atoms with Crippen LogP contribution < -0.4 is 5.32 Å². The number of unbranched alkanes of at least 4 members (excludes halogenated alkanes) is 1. The lowest BCUT2D eigenvalue weighted by atomic mass is 10.1. The summed E-state index contributed by atoms with van der Waals surface area (Å²) in [6, 6.07) is 21.0. The van der Waals surface area contributed by atoms with Crippen molar-refractivity contribution in [2.24, 2.45) is 0 Å². The molecule has 0 bridgehead atoms. The van der Waals surface area contributed by atoms with Gasteiger partial charge in [0.05, 0.1) is 11.4 Å². The van der Waals surface area contributed by atoms with Crippen LogP contribution in [0, 0.1) is 0 Å². The van der Waals surface area contributed by atoms with Gasteiger partial charge >= 0.3 is 0 Å². The lowest BCUT2D eigenvalue weighted by molar-refractivity contribution is -0.140. The fourth-order valence-electron chi connectivity index (χ4n) is 3.77. The summed E-state index contributed by atoms with van der Waals surface area (Å²) in [5.74, 6) is -0.707. The normalized spacial score (nSPS) is 12.5. The minimum Gasteiger partial charge on any atom is -0.354 e. The van der Waals surface area contributed by atoms with Gasteiger partial charge in [-0.1, -0.05) is 74.0 Å². The van der Waals surface area contributed by atoms with Crippen molar-refractivity contribution < 1.29 is 18.0 Å². The molecular formula is C27H33N3O4S. The molecule has 186 valence electrons. The Morgan fingerprint density at radius 2 is 1.60 bits per heavy atom. The van der Waals surface area contributed by atoms with Crippen molar-refractivity contribution in [1.29, 1.82) is 0 Å². The van der Waals surface area contributed by atoms with E-state index in [1.165, 1.54) is 11.9 Å². The number of likely N-dealkylation sites (N-methyl/N-ethyl adjacent to an activating group) is 1. The summed E-state index contributed by atoms with van der Waals surface area (Å²) in [7, 11) is -2.53. The van der Waals surface area contributed by atoms with Crippen molar-refractivity contribution >= 4 is 32.6 Å². The topological polar surface area (TPSA) is 86.8 Å². The maximum absolute atomic E-state index is 13.4. The van der Waals surface area contributed by atoms with Crippen LogP contribution in [0.25, 0.3) is 10.8 Å². The van der Waals surface area contributed by atoms with Crippen molar-refractivity contribution in [2.75, 3.05) is 20.1 Å². The van der Waals surface area contributed by atoms with E-state index in [9.17, 15) is 18.0 Å². The van der Waals surface area contributed by atoms with Gasteiger partial charge in [0.2, 0.25) is 21.8 Å². The highest BCUT2D eigenvalue weighted by molar-refractivity contribution is 7.89. The lowest BCUT2D eigenvalue weighted by Gasteiger charge is -2.30. The van der Waals surface area contributed by atoms with E-state index in [1.807, 2.05) is 61.5 Å². The second-order valence-corrected chi connectivity index (χ2v) is 10.6. The van der Waals surface area contributed by atoms with E-state index in [4.69, 9.17) is 0 Å². The van der Waals surface area contributed by atoms with E-state index < -0.39 is 22.0 Å². The maximum Gasteiger partial charge on any atom is 0.243 e. The highest BCUT2D eigenvalue weighted by Crippen LogP contribution is 2.21. The molecule has 7 nitrogen and oxygen atoms in total. The summed E-state index contributed by atoms with van der Waals surface area (Å²) in [6.07, 6.45) is 1.79. The highest BCUT2D eigenvalue weighted by atomic mass is 32.2. The molecule has 0 heterocycles. The van der Waals surface area contributed by atoms with Gasteiger partial charge in [-0.2, -0.15) is 4.31 Å². The Kier molecular flexibility index (Phi) is 9.01. The van der Waals surface area contributed by atoms with Gasteiger partial charge in [-0.25, -0.2) is 8.42 Å². The van der Waals surface area contributed by atoms with E-state index in [0.29, 0.717) is 6.54 Å². The van der Waals surface area contributed by atoms with Crippen LogP contribution in [0.2, 0.25) is 0 Å². The molecule has 3 aromatic carbocycles. The van der Waals surface area contributed by atoms with Gasteiger partial charge in [0.15, 0.2) is 0 Å². The summed E-state index contributed by atoms with van der Waals surface area (Å²) < 4.78 is 27.5. The Bertz CT molecular complexity index is 1260. The van der Waals surface area contributed by atoms with Crippen LogP contribution in [-0.4, -0.2) is 55.6 Å². The summed E-state index contributed by atoms with van der Waals surface area (Å²) >= 11 is 0. The predicted octanol–water partition coefficient (Wildman–Crippen LogP) is 3.79. The second kappa shape index (κ2) is 12.0. The first-order valence-electron chi connectivity index (χ1n) is 11.8. The SMILES string of the molecule is CCCCNC(=O)C(C)N(Cc1ccccc1)C(=O)CN(C)S(=O)(=O)c1ccc2ccccc2c1. The molecule has 8 heteroatoms. The predicted molar refractivity (Wildman–Crippen MR) is 138 cm³/mol. The molecule has 0 aliphatic heterocycles. The molecule has 0 saturated heterocycles. The quantitative estimate of drug-likeness (QED) is 0.410. The Balaban J connectivity index is 1.80. The number of benzene rings is 3. The van der Waals surface area contributed by atoms with E-state index in [-0.39, 0.29) is 23.9 Å². The van der Waals surface area contributed by atoms with Gasteiger partial charge in [-0.15, -0.1) is 0 Å². The average molecular weight is 496 g/mol. The molecule has 0 radical (unpaired) electrons.